The van der Waals surface area contributed by atoms with Gasteiger partial charge in [-0.05, 0) is 29.8 Å². The van der Waals surface area contributed by atoms with E-state index < -0.39 is 35.9 Å². The molecule has 0 bridgehead atoms. The van der Waals surface area contributed by atoms with Gasteiger partial charge < -0.3 is 21.5 Å². The summed E-state index contributed by atoms with van der Waals surface area (Å²) in [6, 6.07) is 22.1. The summed E-state index contributed by atoms with van der Waals surface area (Å²) in [7, 11) is 0. The lowest BCUT2D eigenvalue weighted by Crippen LogP contribution is -2.52. The number of hydrogen-bond acceptors (Lipinski definition) is 6. The van der Waals surface area contributed by atoms with E-state index in [1.165, 1.54) is 6.20 Å². The fourth-order valence-electron chi connectivity index (χ4n) is 3.75. The number of aliphatic hydroxyl groups excluding tert-OH is 1. The number of benzene rings is 3. The summed E-state index contributed by atoms with van der Waals surface area (Å²) in [6.07, 6.45) is -0.212. The molecule has 9 heteroatoms. The number of nitrogens with zero attached hydrogens (tertiary/aromatic N) is 2. The van der Waals surface area contributed by atoms with Gasteiger partial charge in [-0.15, -0.1) is 0 Å². The molecule has 182 valence electrons. The smallest absolute Gasteiger partial charge is 0.252 e. The molecule has 3 aromatic carbocycles. The first-order chi connectivity index (χ1) is 17.4. The van der Waals surface area contributed by atoms with E-state index in [0.717, 1.165) is 0 Å². The van der Waals surface area contributed by atoms with Crippen molar-refractivity contribution in [2.75, 3.05) is 0 Å². The molecule has 0 unspecified atom stereocenters. The van der Waals surface area contributed by atoms with E-state index in [-0.39, 0.29) is 6.42 Å². The van der Waals surface area contributed by atoms with Crippen molar-refractivity contribution in [3.63, 3.8) is 0 Å². The monoisotopic (exact) mass is 483 g/mol. The number of hydrogen-bond donors (Lipinski definition) is 4. The quantitative estimate of drug-likeness (QED) is 0.285. The van der Waals surface area contributed by atoms with E-state index in [9.17, 15) is 19.5 Å². The van der Waals surface area contributed by atoms with Crippen LogP contribution in [-0.4, -0.2) is 44.9 Å². The molecule has 1 aromatic heterocycles. The topological polar surface area (TPSA) is 147 Å². The molecule has 4 rings (SSSR count). The summed E-state index contributed by atoms with van der Waals surface area (Å²) in [5, 5.41) is 16.2. The van der Waals surface area contributed by atoms with Crippen LogP contribution in [0.15, 0.2) is 91.1 Å². The van der Waals surface area contributed by atoms with Gasteiger partial charge in [-0.1, -0.05) is 60.7 Å². The minimum absolute atomic E-state index is 0.0159. The fourth-order valence-corrected chi connectivity index (χ4v) is 3.75. The lowest BCUT2D eigenvalue weighted by Gasteiger charge is -2.25. The van der Waals surface area contributed by atoms with Crippen LogP contribution in [-0.2, 0) is 16.0 Å². The molecule has 3 atom stereocenters. The third-order valence-electron chi connectivity index (χ3n) is 5.64. The van der Waals surface area contributed by atoms with Gasteiger partial charge in [0.15, 0.2) is 6.10 Å². The minimum Gasteiger partial charge on any atom is -0.381 e. The van der Waals surface area contributed by atoms with Crippen LogP contribution in [0.2, 0.25) is 0 Å². The first-order valence-electron chi connectivity index (χ1n) is 11.3. The molecule has 0 aliphatic carbocycles. The zero-order chi connectivity index (χ0) is 25.5. The molecule has 4 aromatic rings. The van der Waals surface area contributed by atoms with Crippen LogP contribution in [0.1, 0.15) is 27.7 Å². The molecule has 0 saturated carbocycles. The highest BCUT2D eigenvalue weighted by Gasteiger charge is 2.32. The van der Waals surface area contributed by atoms with E-state index in [1.807, 2.05) is 18.2 Å². The molecule has 1 heterocycles. The molecule has 0 fully saturated rings. The summed E-state index contributed by atoms with van der Waals surface area (Å²) in [5.41, 5.74) is 8.20. The van der Waals surface area contributed by atoms with Crippen molar-refractivity contribution in [1.82, 2.24) is 20.6 Å². The van der Waals surface area contributed by atoms with Gasteiger partial charge in [0.2, 0.25) is 5.91 Å². The van der Waals surface area contributed by atoms with Crippen LogP contribution >= 0.6 is 0 Å². The number of nitrogens with two attached hydrogens (primary N) is 1. The minimum atomic E-state index is -1.70. The van der Waals surface area contributed by atoms with Gasteiger partial charge in [-0.3, -0.25) is 19.4 Å². The molecule has 0 spiro atoms. The molecule has 0 aliphatic heterocycles. The van der Waals surface area contributed by atoms with Gasteiger partial charge in [0.05, 0.1) is 22.8 Å². The third-order valence-corrected chi connectivity index (χ3v) is 5.64. The second-order valence-electron chi connectivity index (χ2n) is 8.19. The molecular formula is C27H25N5O4. The first kappa shape index (κ1) is 24.5. The number of carbonyl (C=O) groups excluding carboxylic acids is 3. The number of para-hydroxylation sites is 2. The van der Waals surface area contributed by atoms with Crippen LogP contribution in [0.3, 0.4) is 0 Å². The van der Waals surface area contributed by atoms with Gasteiger partial charge in [-0.2, -0.15) is 0 Å². The summed E-state index contributed by atoms with van der Waals surface area (Å²) in [6.45, 7) is 0. The Kier molecular flexibility index (Phi) is 7.62. The largest absolute Gasteiger partial charge is 0.381 e. The molecule has 36 heavy (non-hydrogen) atoms. The maximum absolute atomic E-state index is 13.0. The predicted molar refractivity (Wildman–Crippen MR) is 133 cm³/mol. The number of aliphatic hydroxyl groups is 1. The second kappa shape index (κ2) is 11.2. The number of aromatic nitrogens is 2. The van der Waals surface area contributed by atoms with Gasteiger partial charge >= 0.3 is 0 Å². The summed E-state index contributed by atoms with van der Waals surface area (Å²) < 4.78 is 0. The molecule has 9 nitrogen and oxygen atoms in total. The number of primary amides is 1. The van der Waals surface area contributed by atoms with Crippen LogP contribution in [0, 0.1) is 0 Å². The molecule has 5 N–H and O–H groups in total. The van der Waals surface area contributed by atoms with E-state index in [0.29, 0.717) is 27.9 Å². The zero-order valence-electron chi connectivity index (χ0n) is 19.2. The predicted octanol–water partition coefficient (Wildman–Crippen LogP) is 1.67. The number of rotatable bonds is 9. The Morgan fingerprint density at radius 1 is 0.833 bits per heavy atom. The molecule has 0 saturated heterocycles. The Hall–Kier alpha value is -4.63. The first-order valence-corrected chi connectivity index (χ1v) is 11.3. The van der Waals surface area contributed by atoms with Gasteiger partial charge in [-0.25, -0.2) is 4.98 Å². The van der Waals surface area contributed by atoms with Crippen molar-refractivity contribution in [1.29, 1.82) is 0 Å². The standard InChI is InChI=1S/C27H25N5O4/c28-25(34)22(15-19-16-29-20-13-7-8-14-21(20)30-19)31-27(36)24(33)23(17-9-3-1-4-10-17)32-26(35)18-11-5-2-6-12-18/h1-14,16,22-24,33H,15H2,(H2,28,34)(H,31,36)(H,32,35)/t22-,23-,24+/m0/s1. The lowest BCUT2D eigenvalue weighted by molar-refractivity contribution is -0.134. The molecule has 3 amide bonds. The van der Waals surface area contributed by atoms with Crippen molar-refractivity contribution in [3.8, 4) is 0 Å². The van der Waals surface area contributed by atoms with Crippen molar-refractivity contribution < 1.29 is 19.5 Å². The van der Waals surface area contributed by atoms with Crippen molar-refractivity contribution in [3.05, 3.63) is 108 Å². The maximum Gasteiger partial charge on any atom is 0.252 e. The van der Waals surface area contributed by atoms with Gasteiger partial charge in [0, 0.05) is 18.2 Å². The summed E-state index contributed by atoms with van der Waals surface area (Å²) in [4.78, 5) is 46.7. The fraction of sp³-hybridized carbons (Fsp3) is 0.148. The van der Waals surface area contributed by atoms with Crippen LogP contribution in [0.4, 0.5) is 0 Å². The number of fused-ring (bicyclic) bond motifs is 1. The van der Waals surface area contributed by atoms with Crippen molar-refractivity contribution in [2.24, 2.45) is 5.73 Å². The molecular weight excluding hydrogens is 458 g/mol. The number of nitrogens with one attached hydrogen (secondary N) is 2. The average Bonchev–Trinajstić information content (AvgIpc) is 2.91. The highest BCUT2D eigenvalue weighted by molar-refractivity contribution is 5.95. The van der Waals surface area contributed by atoms with Gasteiger partial charge in [0.1, 0.15) is 6.04 Å². The van der Waals surface area contributed by atoms with E-state index in [4.69, 9.17) is 5.73 Å². The van der Waals surface area contributed by atoms with E-state index >= 15 is 0 Å². The highest BCUT2D eigenvalue weighted by Crippen LogP contribution is 2.19. The number of carbonyl (C=O) groups is 3. The SMILES string of the molecule is NC(=O)[C@H](Cc1cnc2ccccc2n1)NC(=O)[C@H](O)[C@@H](NC(=O)c1ccccc1)c1ccccc1. The van der Waals surface area contributed by atoms with Crippen LogP contribution < -0.4 is 16.4 Å². The Labute approximate surface area is 207 Å². The Morgan fingerprint density at radius 2 is 1.44 bits per heavy atom. The summed E-state index contributed by atoms with van der Waals surface area (Å²) in [5.74, 6) is -2.13. The molecule has 0 radical (unpaired) electrons. The van der Waals surface area contributed by atoms with E-state index in [1.54, 1.807) is 66.7 Å². The number of amides is 3. The van der Waals surface area contributed by atoms with Crippen molar-refractivity contribution >= 4 is 28.8 Å². The average molecular weight is 484 g/mol. The normalized spacial score (nSPS) is 13.4. The highest BCUT2D eigenvalue weighted by atomic mass is 16.3. The summed E-state index contributed by atoms with van der Waals surface area (Å²) >= 11 is 0. The Balaban J connectivity index is 1.52. The Bertz CT molecular complexity index is 1360. The van der Waals surface area contributed by atoms with E-state index in [2.05, 4.69) is 20.6 Å². The lowest BCUT2D eigenvalue weighted by atomic mass is 9.99. The zero-order valence-corrected chi connectivity index (χ0v) is 19.2. The second-order valence-corrected chi connectivity index (χ2v) is 8.19. The third kappa shape index (κ3) is 5.89. The van der Waals surface area contributed by atoms with Gasteiger partial charge in [0.25, 0.3) is 11.8 Å². The molecule has 0 aliphatic rings. The Morgan fingerprint density at radius 3 is 2.11 bits per heavy atom. The van der Waals surface area contributed by atoms with Crippen molar-refractivity contribution in [2.45, 2.75) is 24.6 Å². The van der Waals surface area contributed by atoms with Crippen LogP contribution in [0.25, 0.3) is 11.0 Å². The maximum atomic E-state index is 13.0. The van der Waals surface area contributed by atoms with Crippen LogP contribution in [0.5, 0.6) is 0 Å².